The molecular formula is C26H28ClF2N7O. The Morgan fingerprint density at radius 3 is 2.49 bits per heavy atom. The number of nitrogens with zero attached hydrogens (tertiary/aromatic N) is 7. The molecule has 8 nitrogen and oxygen atoms in total. The monoisotopic (exact) mass is 527 g/mol. The van der Waals surface area contributed by atoms with Crippen molar-refractivity contribution in [2.45, 2.75) is 31.7 Å². The maximum atomic E-state index is 14.8. The van der Waals surface area contributed by atoms with Gasteiger partial charge in [0.1, 0.15) is 29.9 Å². The number of aromatic nitrogens is 5. The van der Waals surface area contributed by atoms with E-state index in [4.69, 9.17) is 11.6 Å². The van der Waals surface area contributed by atoms with E-state index in [0.29, 0.717) is 6.54 Å². The molecule has 3 heterocycles. The molecule has 1 aliphatic rings. The highest BCUT2D eigenvalue weighted by molar-refractivity contribution is 6.30. The fourth-order valence-electron chi connectivity index (χ4n) is 4.81. The molecule has 2 aromatic heterocycles. The number of hydrogen-bond donors (Lipinski definition) is 1. The number of aliphatic hydroxyl groups is 1. The Morgan fingerprint density at radius 2 is 1.81 bits per heavy atom. The zero-order valence-electron chi connectivity index (χ0n) is 20.4. The molecule has 5 rings (SSSR count). The van der Waals surface area contributed by atoms with Crippen molar-refractivity contribution >= 4 is 17.3 Å². The van der Waals surface area contributed by atoms with Crippen LogP contribution in [0.1, 0.15) is 24.1 Å². The van der Waals surface area contributed by atoms with Crippen molar-refractivity contribution < 1.29 is 13.9 Å². The van der Waals surface area contributed by atoms with E-state index < -0.39 is 23.3 Å². The molecule has 0 bridgehead atoms. The first-order chi connectivity index (χ1) is 17.8. The van der Waals surface area contributed by atoms with Crippen molar-refractivity contribution in [3.05, 3.63) is 95.3 Å². The number of halogens is 3. The summed E-state index contributed by atoms with van der Waals surface area (Å²) in [6.45, 7) is 5.94. The van der Waals surface area contributed by atoms with E-state index in [2.05, 4.69) is 25.0 Å². The molecule has 0 saturated carbocycles. The molecule has 0 unspecified atom stereocenters. The summed E-state index contributed by atoms with van der Waals surface area (Å²) >= 11 is 6.01. The number of hydrogen-bond acceptors (Lipinski definition) is 6. The molecule has 0 aliphatic carbocycles. The van der Waals surface area contributed by atoms with Gasteiger partial charge in [0.25, 0.3) is 0 Å². The van der Waals surface area contributed by atoms with Crippen LogP contribution in [0.5, 0.6) is 0 Å². The van der Waals surface area contributed by atoms with Gasteiger partial charge in [-0.25, -0.2) is 18.4 Å². The highest BCUT2D eigenvalue weighted by Gasteiger charge is 2.40. The average molecular weight is 528 g/mol. The minimum atomic E-state index is -1.76. The van der Waals surface area contributed by atoms with Gasteiger partial charge in [0.2, 0.25) is 0 Å². The molecule has 0 spiro atoms. The summed E-state index contributed by atoms with van der Waals surface area (Å²) in [5.41, 5.74) is 0.339. The normalized spacial score (nSPS) is 17.1. The predicted octanol–water partition coefficient (Wildman–Crippen LogP) is 3.88. The summed E-state index contributed by atoms with van der Waals surface area (Å²) in [5.74, 6) is -1.55. The molecule has 0 radical (unpaired) electrons. The summed E-state index contributed by atoms with van der Waals surface area (Å²) in [5, 5.41) is 21.1. The predicted molar refractivity (Wildman–Crippen MR) is 136 cm³/mol. The number of rotatable bonds is 8. The van der Waals surface area contributed by atoms with E-state index in [1.54, 1.807) is 17.8 Å². The molecule has 4 aromatic rings. The Labute approximate surface area is 218 Å². The molecule has 2 atom stereocenters. The van der Waals surface area contributed by atoms with Gasteiger partial charge in [-0.2, -0.15) is 10.2 Å². The second-order valence-electron chi connectivity index (χ2n) is 9.39. The Kier molecular flexibility index (Phi) is 7.23. The van der Waals surface area contributed by atoms with Gasteiger partial charge in [-0.3, -0.25) is 9.58 Å². The second-order valence-corrected chi connectivity index (χ2v) is 9.82. The zero-order chi connectivity index (χ0) is 26.0. The largest absolute Gasteiger partial charge is 0.381 e. The average Bonchev–Trinajstić information content (AvgIpc) is 3.57. The lowest BCUT2D eigenvalue weighted by Crippen LogP contribution is -2.45. The van der Waals surface area contributed by atoms with E-state index in [-0.39, 0.29) is 12.1 Å². The number of benzene rings is 2. The summed E-state index contributed by atoms with van der Waals surface area (Å²) in [6.07, 6.45) is 6.41. The summed E-state index contributed by atoms with van der Waals surface area (Å²) in [7, 11) is 0. The van der Waals surface area contributed by atoms with Crippen LogP contribution >= 0.6 is 11.6 Å². The molecule has 2 aromatic carbocycles. The molecule has 1 saturated heterocycles. The second kappa shape index (κ2) is 10.6. The number of piperazine rings is 1. The van der Waals surface area contributed by atoms with E-state index in [1.807, 2.05) is 30.5 Å². The number of anilines is 1. The van der Waals surface area contributed by atoms with Crippen LogP contribution in [0.25, 0.3) is 0 Å². The van der Waals surface area contributed by atoms with Gasteiger partial charge in [0.05, 0.1) is 18.8 Å². The lowest BCUT2D eigenvalue weighted by molar-refractivity contribution is -0.0369. The van der Waals surface area contributed by atoms with Crippen LogP contribution in [0, 0.1) is 11.6 Å². The fourth-order valence-corrected chi connectivity index (χ4v) is 4.93. The summed E-state index contributed by atoms with van der Waals surface area (Å²) < 4.78 is 31.5. The maximum Gasteiger partial charge on any atom is 0.137 e. The lowest BCUT2D eigenvalue weighted by Gasteiger charge is -2.36. The van der Waals surface area contributed by atoms with Crippen molar-refractivity contribution in [2.24, 2.45) is 0 Å². The van der Waals surface area contributed by atoms with Crippen molar-refractivity contribution in [1.29, 1.82) is 0 Å². The van der Waals surface area contributed by atoms with Gasteiger partial charge in [-0.1, -0.05) is 17.7 Å². The van der Waals surface area contributed by atoms with Crippen LogP contribution < -0.4 is 4.90 Å². The first kappa shape index (κ1) is 25.3. The molecule has 37 heavy (non-hydrogen) atoms. The van der Waals surface area contributed by atoms with Gasteiger partial charge in [-0.05, 0) is 37.3 Å². The molecule has 1 N–H and O–H groups in total. The SMILES string of the molecule is C[C@@H](n1cc(CN2CCN(c3ccc(Cl)cc3)CC2)cn1)[C@](O)(Cn1cncn1)c1ccc(F)cc1F. The third kappa shape index (κ3) is 5.51. The minimum absolute atomic E-state index is 0.0349. The molecule has 1 fully saturated rings. The Balaban J connectivity index is 1.30. The van der Waals surface area contributed by atoms with Crippen molar-refractivity contribution in [2.75, 3.05) is 31.1 Å². The first-order valence-electron chi connectivity index (χ1n) is 12.1. The highest BCUT2D eigenvalue weighted by atomic mass is 35.5. The molecule has 0 amide bonds. The van der Waals surface area contributed by atoms with Crippen molar-refractivity contribution in [3.63, 3.8) is 0 Å². The van der Waals surface area contributed by atoms with Gasteiger partial charge >= 0.3 is 0 Å². The summed E-state index contributed by atoms with van der Waals surface area (Å²) in [6, 6.07) is 10.4. The van der Waals surface area contributed by atoms with E-state index in [1.165, 1.54) is 23.4 Å². The van der Waals surface area contributed by atoms with Crippen molar-refractivity contribution in [3.8, 4) is 0 Å². The van der Waals surface area contributed by atoms with Gasteiger partial charge < -0.3 is 10.0 Å². The smallest absolute Gasteiger partial charge is 0.137 e. The van der Waals surface area contributed by atoms with Crippen molar-refractivity contribution in [1.82, 2.24) is 29.4 Å². The fraction of sp³-hybridized carbons (Fsp3) is 0.346. The van der Waals surface area contributed by atoms with Crippen LogP contribution in [-0.4, -0.2) is 60.7 Å². The third-order valence-corrected chi connectivity index (χ3v) is 7.23. The Hall–Kier alpha value is -3.34. The van der Waals surface area contributed by atoms with Crippen LogP contribution in [0.3, 0.4) is 0 Å². The Morgan fingerprint density at radius 1 is 1.05 bits per heavy atom. The van der Waals surface area contributed by atoms with Gasteiger partial charge in [0.15, 0.2) is 0 Å². The van der Waals surface area contributed by atoms with Crippen LogP contribution in [0.15, 0.2) is 67.5 Å². The quantitative estimate of drug-likeness (QED) is 0.375. The summed E-state index contributed by atoms with van der Waals surface area (Å²) in [4.78, 5) is 8.60. The van der Waals surface area contributed by atoms with Crippen LogP contribution in [-0.2, 0) is 18.7 Å². The molecule has 11 heteroatoms. The van der Waals surface area contributed by atoms with Crippen LogP contribution in [0.2, 0.25) is 5.02 Å². The van der Waals surface area contributed by atoms with E-state index >= 15 is 0 Å². The van der Waals surface area contributed by atoms with Crippen LogP contribution in [0.4, 0.5) is 14.5 Å². The minimum Gasteiger partial charge on any atom is -0.381 e. The van der Waals surface area contributed by atoms with E-state index in [0.717, 1.165) is 54.6 Å². The maximum absolute atomic E-state index is 14.8. The molecular weight excluding hydrogens is 500 g/mol. The topological polar surface area (TPSA) is 75.2 Å². The van der Waals surface area contributed by atoms with Gasteiger partial charge in [0, 0.05) is 66.8 Å². The standard InChI is InChI=1S/C26H28ClF2N7O/c1-19(26(37,16-35-18-30-17-32-35)24-7-4-22(28)12-25(24)29)36-15-20(13-31-36)14-33-8-10-34(11-9-33)23-5-2-21(27)3-6-23/h2-7,12-13,15,17-19,37H,8-11,14,16H2,1H3/t19-,26-/m1/s1. The zero-order valence-corrected chi connectivity index (χ0v) is 21.1. The molecule has 1 aliphatic heterocycles. The third-order valence-electron chi connectivity index (χ3n) is 6.98. The highest BCUT2D eigenvalue weighted by Crippen LogP contribution is 2.36. The molecule has 194 valence electrons. The Bertz CT molecular complexity index is 1320. The van der Waals surface area contributed by atoms with E-state index in [9.17, 15) is 13.9 Å². The lowest BCUT2D eigenvalue weighted by atomic mass is 9.86. The first-order valence-corrected chi connectivity index (χ1v) is 12.5. The van der Waals surface area contributed by atoms with Gasteiger partial charge in [-0.15, -0.1) is 0 Å².